The first-order valence-corrected chi connectivity index (χ1v) is 8.45. The maximum Gasteiger partial charge on any atom is 0.225 e. The van der Waals surface area contributed by atoms with Crippen molar-refractivity contribution in [3.05, 3.63) is 0 Å². The van der Waals surface area contributed by atoms with Gasteiger partial charge in [-0.15, -0.1) is 0 Å². The molecule has 2 aromatic rings. The SMILES string of the molecule is CCC(C)Nc1nc(NC)c2nc(NCC(C)(C)O)nc(NC)c2n1. The molecular formula is C16H28N8O. The molecule has 0 aliphatic heterocycles. The van der Waals surface area contributed by atoms with Gasteiger partial charge in [-0.2, -0.15) is 9.97 Å². The molecule has 2 rings (SSSR count). The first kappa shape index (κ1) is 18.9. The quantitative estimate of drug-likeness (QED) is 0.487. The van der Waals surface area contributed by atoms with Gasteiger partial charge in [-0.25, -0.2) is 9.97 Å². The molecule has 9 nitrogen and oxygen atoms in total. The van der Waals surface area contributed by atoms with Crippen molar-refractivity contribution in [3.63, 3.8) is 0 Å². The number of fused-ring (bicyclic) bond motifs is 1. The van der Waals surface area contributed by atoms with E-state index >= 15 is 0 Å². The molecule has 0 radical (unpaired) electrons. The van der Waals surface area contributed by atoms with Crippen molar-refractivity contribution in [2.45, 2.75) is 45.8 Å². The second-order valence-electron chi connectivity index (χ2n) is 6.61. The van der Waals surface area contributed by atoms with Gasteiger partial charge in [-0.05, 0) is 27.2 Å². The lowest BCUT2D eigenvalue weighted by Gasteiger charge is -2.19. The van der Waals surface area contributed by atoms with Gasteiger partial charge in [-0.1, -0.05) is 6.92 Å². The highest BCUT2D eigenvalue weighted by atomic mass is 16.3. The summed E-state index contributed by atoms with van der Waals surface area (Å²) >= 11 is 0. The topological polar surface area (TPSA) is 120 Å². The van der Waals surface area contributed by atoms with Crippen LogP contribution >= 0.6 is 0 Å². The number of aromatic nitrogens is 4. The van der Waals surface area contributed by atoms with E-state index in [1.165, 1.54) is 0 Å². The third kappa shape index (κ3) is 4.79. The summed E-state index contributed by atoms with van der Waals surface area (Å²) in [4.78, 5) is 18.0. The van der Waals surface area contributed by atoms with Crippen molar-refractivity contribution in [1.29, 1.82) is 0 Å². The second-order valence-corrected chi connectivity index (χ2v) is 6.61. The van der Waals surface area contributed by atoms with Crippen LogP contribution in [-0.2, 0) is 0 Å². The monoisotopic (exact) mass is 348 g/mol. The summed E-state index contributed by atoms with van der Waals surface area (Å²) in [6.45, 7) is 7.93. The van der Waals surface area contributed by atoms with Crippen molar-refractivity contribution in [1.82, 2.24) is 19.9 Å². The van der Waals surface area contributed by atoms with E-state index in [0.29, 0.717) is 41.1 Å². The van der Waals surface area contributed by atoms with Gasteiger partial charge in [0, 0.05) is 26.7 Å². The lowest BCUT2D eigenvalue weighted by molar-refractivity contribution is 0.0943. The molecule has 0 aromatic carbocycles. The van der Waals surface area contributed by atoms with E-state index in [4.69, 9.17) is 0 Å². The Labute approximate surface area is 148 Å². The van der Waals surface area contributed by atoms with Crippen LogP contribution in [0.25, 0.3) is 11.0 Å². The van der Waals surface area contributed by atoms with Crippen molar-refractivity contribution in [2.75, 3.05) is 41.9 Å². The van der Waals surface area contributed by atoms with Gasteiger partial charge in [0.1, 0.15) is 11.0 Å². The van der Waals surface area contributed by atoms with E-state index in [2.05, 4.69) is 55.1 Å². The fourth-order valence-electron chi connectivity index (χ4n) is 2.13. The molecule has 0 saturated carbocycles. The van der Waals surface area contributed by atoms with Gasteiger partial charge in [0.05, 0.1) is 5.60 Å². The third-order valence-corrected chi connectivity index (χ3v) is 3.68. The summed E-state index contributed by atoms with van der Waals surface area (Å²) in [6.07, 6.45) is 0.964. The first-order chi connectivity index (χ1) is 11.8. The summed E-state index contributed by atoms with van der Waals surface area (Å²) in [7, 11) is 3.57. The zero-order valence-electron chi connectivity index (χ0n) is 15.7. The molecule has 1 atom stereocenters. The van der Waals surface area contributed by atoms with Crippen molar-refractivity contribution in [2.24, 2.45) is 0 Å². The highest BCUT2D eigenvalue weighted by Crippen LogP contribution is 2.26. The van der Waals surface area contributed by atoms with Gasteiger partial charge in [0.15, 0.2) is 11.6 Å². The molecule has 9 heteroatoms. The Bertz CT molecular complexity index is 728. The lowest BCUT2D eigenvalue weighted by Crippen LogP contribution is -2.30. The Kier molecular flexibility index (Phi) is 5.78. The van der Waals surface area contributed by atoms with E-state index < -0.39 is 5.60 Å². The molecule has 0 aliphatic carbocycles. The number of aliphatic hydroxyl groups is 1. The van der Waals surface area contributed by atoms with E-state index in [1.807, 2.05) is 0 Å². The summed E-state index contributed by atoms with van der Waals surface area (Å²) in [5.74, 6) is 2.14. The normalized spacial score (nSPS) is 12.8. The van der Waals surface area contributed by atoms with E-state index in [-0.39, 0.29) is 6.04 Å². The maximum atomic E-state index is 9.88. The zero-order chi connectivity index (χ0) is 18.6. The highest BCUT2D eigenvalue weighted by Gasteiger charge is 2.17. The second kappa shape index (κ2) is 7.64. The van der Waals surface area contributed by atoms with E-state index in [9.17, 15) is 5.11 Å². The number of hydrogen-bond acceptors (Lipinski definition) is 9. The van der Waals surface area contributed by atoms with Gasteiger partial charge >= 0.3 is 0 Å². The average molecular weight is 348 g/mol. The molecule has 0 spiro atoms. The van der Waals surface area contributed by atoms with Gasteiger partial charge < -0.3 is 26.4 Å². The van der Waals surface area contributed by atoms with Crippen molar-refractivity contribution >= 4 is 34.6 Å². The number of hydrogen-bond donors (Lipinski definition) is 5. The van der Waals surface area contributed by atoms with Crippen LogP contribution in [-0.4, -0.2) is 57.3 Å². The van der Waals surface area contributed by atoms with E-state index in [0.717, 1.165) is 6.42 Å². The summed E-state index contributed by atoms with van der Waals surface area (Å²) < 4.78 is 0. The fraction of sp³-hybridized carbons (Fsp3) is 0.625. The highest BCUT2D eigenvalue weighted by molar-refractivity contribution is 5.94. The first-order valence-electron chi connectivity index (χ1n) is 8.45. The minimum Gasteiger partial charge on any atom is -0.389 e. The van der Waals surface area contributed by atoms with Crippen LogP contribution in [0.2, 0.25) is 0 Å². The Balaban J connectivity index is 2.50. The third-order valence-electron chi connectivity index (χ3n) is 3.68. The van der Waals surface area contributed by atoms with Crippen LogP contribution in [0.5, 0.6) is 0 Å². The Morgan fingerprint density at radius 2 is 1.48 bits per heavy atom. The number of anilines is 4. The van der Waals surface area contributed by atoms with Crippen molar-refractivity contribution < 1.29 is 5.11 Å². The van der Waals surface area contributed by atoms with Gasteiger partial charge in [0.2, 0.25) is 11.9 Å². The minimum absolute atomic E-state index is 0.258. The van der Waals surface area contributed by atoms with Gasteiger partial charge in [0.25, 0.3) is 0 Å². The molecule has 2 aromatic heterocycles. The van der Waals surface area contributed by atoms with Crippen LogP contribution in [0, 0.1) is 0 Å². The fourth-order valence-corrected chi connectivity index (χ4v) is 2.13. The van der Waals surface area contributed by atoms with Crippen molar-refractivity contribution in [3.8, 4) is 0 Å². The molecule has 0 saturated heterocycles. The van der Waals surface area contributed by atoms with Crippen LogP contribution in [0.3, 0.4) is 0 Å². The van der Waals surface area contributed by atoms with Crippen LogP contribution in [0.4, 0.5) is 23.5 Å². The lowest BCUT2D eigenvalue weighted by atomic mass is 10.1. The molecule has 1 unspecified atom stereocenters. The number of nitrogens with one attached hydrogen (secondary N) is 4. The predicted molar refractivity (Wildman–Crippen MR) is 102 cm³/mol. The standard InChI is InChI=1S/C16H28N8O/c1-7-9(2)20-15-22-11-10(13(18-6)24-15)21-14(23-12(11)17-5)19-8-16(3,4)25/h9,25H,7-8H2,1-6H3,(H2,17,19,21,23)(H2,18,20,22,24). The number of rotatable bonds is 8. The maximum absolute atomic E-state index is 9.88. The predicted octanol–water partition coefficient (Wildman–Crippen LogP) is 1.90. The molecule has 25 heavy (non-hydrogen) atoms. The summed E-state index contributed by atoms with van der Waals surface area (Å²) in [5, 5.41) is 22.3. The van der Waals surface area contributed by atoms with Crippen LogP contribution < -0.4 is 21.3 Å². The van der Waals surface area contributed by atoms with Crippen LogP contribution in [0.15, 0.2) is 0 Å². The molecular weight excluding hydrogens is 320 g/mol. The summed E-state index contributed by atoms with van der Waals surface area (Å²) in [5.41, 5.74) is 0.362. The Morgan fingerprint density at radius 3 is 1.96 bits per heavy atom. The molecule has 0 bridgehead atoms. The molecule has 2 heterocycles. The summed E-state index contributed by atoms with van der Waals surface area (Å²) in [6, 6.07) is 0.258. The van der Waals surface area contributed by atoms with Crippen LogP contribution in [0.1, 0.15) is 34.1 Å². The minimum atomic E-state index is -0.871. The Hall–Kier alpha value is -2.42. The smallest absolute Gasteiger partial charge is 0.225 e. The molecule has 138 valence electrons. The average Bonchev–Trinajstić information content (AvgIpc) is 2.57. The van der Waals surface area contributed by atoms with E-state index in [1.54, 1.807) is 27.9 Å². The Morgan fingerprint density at radius 1 is 0.960 bits per heavy atom. The largest absolute Gasteiger partial charge is 0.389 e. The molecule has 0 fully saturated rings. The molecule has 0 amide bonds. The molecule has 0 aliphatic rings. The number of nitrogens with zero attached hydrogens (tertiary/aromatic N) is 4. The van der Waals surface area contributed by atoms with Gasteiger partial charge in [-0.3, -0.25) is 0 Å². The zero-order valence-corrected chi connectivity index (χ0v) is 15.7. The molecule has 5 N–H and O–H groups in total.